The molecule has 34 heavy (non-hydrogen) atoms. The zero-order valence-electron chi connectivity index (χ0n) is 18.2. The van der Waals surface area contributed by atoms with Gasteiger partial charge in [-0.1, -0.05) is 12.1 Å². The normalized spacial score (nSPS) is 14.7. The van der Waals surface area contributed by atoms with Crippen LogP contribution in [0.3, 0.4) is 0 Å². The Kier molecular flexibility index (Phi) is 4.99. The first kappa shape index (κ1) is 20.7. The van der Waals surface area contributed by atoms with Gasteiger partial charge >= 0.3 is 0 Å². The van der Waals surface area contributed by atoms with Crippen LogP contribution in [0.2, 0.25) is 0 Å². The number of hydrogen-bond donors (Lipinski definition) is 3. The number of ether oxygens (including phenoxy) is 1. The van der Waals surface area contributed by atoms with E-state index in [1.54, 1.807) is 18.2 Å². The average Bonchev–Trinajstić information content (AvgIpc) is 3.40. The summed E-state index contributed by atoms with van der Waals surface area (Å²) in [6.45, 7) is 0.611. The minimum absolute atomic E-state index is 0.00524. The first-order valence-corrected chi connectivity index (χ1v) is 12.3. The highest BCUT2D eigenvalue weighted by atomic mass is 32.2. The van der Waals surface area contributed by atoms with Crippen LogP contribution < -0.4 is 14.4 Å². The molecule has 4 aromatic rings. The predicted molar refractivity (Wildman–Crippen MR) is 131 cm³/mol. The number of hydrogen-bond acceptors (Lipinski definition) is 5. The molecule has 0 atom stereocenters. The molecular weight excluding hydrogens is 452 g/mol. The second-order valence-electron chi connectivity index (χ2n) is 8.55. The molecule has 0 saturated heterocycles. The van der Waals surface area contributed by atoms with E-state index in [1.807, 2.05) is 42.6 Å². The zero-order chi connectivity index (χ0) is 23.2. The summed E-state index contributed by atoms with van der Waals surface area (Å²) in [7, 11) is -2.89. The molecule has 1 fully saturated rings. The summed E-state index contributed by atoms with van der Waals surface area (Å²) in [4.78, 5) is 19.9. The van der Waals surface area contributed by atoms with Crippen molar-refractivity contribution in [3.8, 4) is 16.9 Å². The Morgan fingerprint density at radius 3 is 2.62 bits per heavy atom. The van der Waals surface area contributed by atoms with E-state index >= 15 is 0 Å². The van der Waals surface area contributed by atoms with Gasteiger partial charge in [0.25, 0.3) is 0 Å². The molecule has 0 spiro atoms. The number of nitrogens with one attached hydrogen (secondary N) is 2. The van der Waals surface area contributed by atoms with Gasteiger partial charge in [-0.15, -0.1) is 0 Å². The molecule has 0 unspecified atom stereocenters. The lowest BCUT2D eigenvalue weighted by Crippen LogP contribution is -2.14. The number of rotatable bonds is 6. The number of nitrogens with zero attached hydrogens (tertiary/aromatic N) is 2. The molecule has 6 rings (SSSR count). The van der Waals surface area contributed by atoms with E-state index in [0.29, 0.717) is 29.4 Å². The molecule has 9 heteroatoms. The van der Waals surface area contributed by atoms with E-state index < -0.39 is 10.9 Å². The molecule has 2 aliphatic rings. The molecule has 8 nitrogen and oxygen atoms in total. The zero-order valence-corrected chi connectivity index (χ0v) is 19.0. The fraction of sp³-hybridized carbons (Fsp3) is 0.200. The predicted octanol–water partition coefficient (Wildman–Crippen LogP) is 4.18. The number of aromatic nitrogens is 2. The Morgan fingerprint density at radius 1 is 1.06 bits per heavy atom. The van der Waals surface area contributed by atoms with Crippen LogP contribution in [-0.4, -0.2) is 30.9 Å². The second kappa shape index (κ2) is 8.18. The lowest BCUT2D eigenvalue weighted by atomic mass is 10.0. The van der Waals surface area contributed by atoms with Crippen LogP contribution in [0.25, 0.3) is 22.2 Å². The maximum Gasteiger partial charge on any atom is 0.229 e. The maximum atomic E-state index is 12.3. The molecule has 1 saturated carbocycles. The van der Waals surface area contributed by atoms with Gasteiger partial charge in [-0.05, 0) is 72.0 Å². The number of H-pyrrole nitrogens is 1. The summed E-state index contributed by atoms with van der Waals surface area (Å²) in [5.41, 5.74) is 4.59. The van der Waals surface area contributed by atoms with E-state index in [1.165, 1.54) is 4.31 Å². The highest BCUT2D eigenvalue weighted by molar-refractivity contribution is 7.74. The molecule has 0 bridgehead atoms. The topological polar surface area (TPSA) is 104 Å². The second-order valence-corrected chi connectivity index (χ2v) is 9.42. The van der Waals surface area contributed by atoms with Crippen molar-refractivity contribution in [3.63, 3.8) is 0 Å². The Bertz CT molecular complexity index is 1480. The quantitative estimate of drug-likeness (QED) is 0.364. The van der Waals surface area contributed by atoms with E-state index in [2.05, 4.69) is 15.3 Å². The summed E-state index contributed by atoms with van der Waals surface area (Å²) in [5, 5.41) is 3.83. The summed E-state index contributed by atoms with van der Waals surface area (Å²) >= 11 is 0. The van der Waals surface area contributed by atoms with E-state index in [9.17, 15) is 13.2 Å². The van der Waals surface area contributed by atoms with Crippen molar-refractivity contribution in [1.82, 2.24) is 9.97 Å². The number of fused-ring (bicyclic) bond motifs is 2. The summed E-state index contributed by atoms with van der Waals surface area (Å²) in [6.07, 6.45) is 4.41. The molecule has 172 valence electrons. The first-order valence-electron chi connectivity index (χ1n) is 11.2. The van der Waals surface area contributed by atoms with Crippen LogP contribution in [0.5, 0.6) is 5.75 Å². The smallest absolute Gasteiger partial charge is 0.229 e. The van der Waals surface area contributed by atoms with Crippen LogP contribution >= 0.6 is 0 Å². The van der Waals surface area contributed by atoms with Crippen molar-refractivity contribution in [2.75, 3.05) is 16.2 Å². The van der Waals surface area contributed by atoms with Crippen LogP contribution in [0.1, 0.15) is 18.4 Å². The lowest BCUT2D eigenvalue weighted by molar-refractivity contribution is -0.117. The average molecular weight is 475 g/mol. The van der Waals surface area contributed by atoms with Gasteiger partial charge in [0.1, 0.15) is 17.2 Å². The Labute approximate surface area is 197 Å². The number of aromatic amines is 1. The third-order valence-corrected chi connectivity index (χ3v) is 7.02. The number of carbonyl (C=O) groups is 1. The van der Waals surface area contributed by atoms with Crippen molar-refractivity contribution < 1.29 is 17.9 Å². The van der Waals surface area contributed by atoms with Crippen molar-refractivity contribution in [2.24, 2.45) is 5.92 Å². The molecule has 1 aliphatic carbocycles. The van der Waals surface area contributed by atoms with Gasteiger partial charge in [-0.3, -0.25) is 4.79 Å². The van der Waals surface area contributed by atoms with E-state index in [-0.39, 0.29) is 11.8 Å². The van der Waals surface area contributed by atoms with Gasteiger partial charge in [-0.25, -0.2) is 17.7 Å². The number of carbonyl (C=O) groups excluding carboxylic acids is 1. The minimum Gasteiger partial charge on any atom is -0.493 e. The number of amides is 1. The monoisotopic (exact) mass is 474 g/mol. The van der Waals surface area contributed by atoms with Gasteiger partial charge in [0.05, 0.1) is 18.0 Å². The van der Waals surface area contributed by atoms with Crippen molar-refractivity contribution in [2.45, 2.75) is 19.3 Å². The molecule has 2 aromatic heterocycles. The maximum absolute atomic E-state index is 12.3. The molecule has 2 N–H and O–H groups in total. The number of benzene rings is 2. The van der Waals surface area contributed by atoms with Crippen molar-refractivity contribution in [1.29, 1.82) is 0 Å². The van der Waals surface area contributed by atoms with Crippen LogP contribution in [-0.2, 0) is 22.1 Å². The van der Waals surface area contributed by atoms with Crippen molar-refractivity contribution >= 4 is 45.0 Å². The van der Waals surface area contributed by atoms with Gasteiger partial charge in [0.15, 0.2) is 0 Å². The largest absolute Gasteiger partial charge is 0.493 e. The van der Waals surface area contributed by atoms with Gasteiger partial charge in [-0.2, -0.15) is 0 Å². The molecule has 0 radical (unpaired) electrons. The molecule has 1 amide bonds. The first-order chi connectivity index (χ1) is 16.6. The third kappa shape index (κ3) is 3.77. The van der Waals surface area contributed by atoms with Crippen LogP contribution in [0.15, 0.2) is 60.8 Å². The third-order valence-electron chi connectivity index (χ3n) is 6.23. The molecular formula is C25H22N4O4S. The number of thiol groups is 1. The Hall–Kier alpha value is -3.85. The Morgan fingerprint density at radius 2 is 1.85 bits per heavy atom. The molecule has 3 heterocycles. The summed E-state index contributed by atoms with van der Waals surface area (Å²) < 4.78 is 31.2. The summed E-state index contributed by atoms with van der Waals surface area (Å²) in [6, 6.07) is 16.6. The lowest BCUT2D eigenvalue weighted by Gasteiger charge is -2.19. The molecule has 1 aliphatic heterocycles. The fourth-order valence-corrected chi connectivity index (χ4v) is 4.97. The summed E-state index contributed by atoms with van der Waals surface area (Å²) in [5.74, 6) is 1.37. The minimum atomic E-state index is -2.89. The van der Waals surface area contributed by atoms with Crippen LogP contribution in [0.4, 0.5) is 17.2 Å². The highest BCUT2D eigenvalue weighted by Crippen LogP contribution is 2.36. The van der Waals surface area contributed by atoms with E-state index in [4.69, 9.17) is 4.74 Å². The SMILES string of the molecule is O=C(Nc1cc(-c2ccc(N(c3ccc4c(c3)CCO4)[SH](=O)=O)cc2)c2cc[nH]c2n1)C1CC1. The fourth-order valence-electron chi connectivity index (χ4n) is 4.34. The van der Waals surface area contributed by atoms with Gasteiger partial charge < -0.3 is 15.0 Å². The van der Waals surface area contributed by atoms with Crippen LogP contribution in [0, 0.1) is 5.92 Å². The van der Waals surface area contributed by atoms with Gasteiger partial charge in [0.2, 0.25) is 16.8 Å². The standard InChI is InChI=1S/C25H22N4O4S/c30-25(16-1-2-16)28-23-14-21(20-9-11-26-24(20)27-23)15-3-5-18(6-4-15)29(34(31)32)19-7-8-22-17(13-19)10-12-33-22/h3-9,11,13-14,16,34H,1-2,10,12H2,(H2,26,27,28,30). The number of anilines is 3. The van der Waals surface area contributed by atoms with Gasteiger partial charge in [0, 0.05) is 23.9 Å². The molecule has 2 aromatic carbocycles. The highest BCUT2D eigenvalue weighted by Gasteiger charge is 2.30. The Balaban J connectivity index is 1.35. The van der Waals surface area contributed by atoms with Crippen molar-refractivity contribution in [3.05, 3.63) is 66.4 Å². The van der Waals surface area contributed by atoms with E-state index in [0.717, 1.165) is 47.1 Å². The number of pyridine rings is 1.